The third kappa shape index (κ3) is 1.38. The number of esters is 1. The van der Waals surface area contributed by atoms with Crippen LogP contribution in [0.25, 0.3) is 0 Å². The Balaban J connectivity index is 2.87. The van der Waals surface area contributed by atoms with E-state index in [1.54, 1.807) is 0 Å². The highest BCUT2D eigenvalue weighted by Gasteiger charge is 2.76. The number of aldehydes is 1. The zero-order valence-electron chi connectivity index (χ0n) is 7.43. The number of halogens is 3. The van der Waals surface area contributed by atoms with Gasteiger partial charge in [0.2, 0.25) is 0 Å². The van der Waals surface area contributed by atoms with Crippen LogP contribution in [0.4, 0.5) is 13.2 Å². The smallest absolute Gasteiger partial charge is 0.405 e. The van der Waals surface area contributed by atoms with Crippen molar-refractivity contribution in [1.82, 2.24) is 0 Å². The van der Waals surface area contributed by atoms with Gasteiger partial charge in [-0.1, -0.05) is 0 Å². The van der Waals surface area contributed by atoms with Crippen LogP contribution in [0.5, 0.6) is 0 Å². The molecule has 2 unspecified atom stereocenters. The van der Waals surface area contributed by atoms with Crippen LogP contribution in [0.3, 0.4) is 0 Å². The summed E-state index contributed by atoms with van der Waals surface area (Å²) in [4.78, 5) is 21.3. The minimum absolute atomic E-state index is 0.123. The first kappa shape index (κ1) is 11.0. The van der Waals surface area contributed by atoms with Gasteiger partial charge >= 0.3 is 12.1 Å². The van der Waals surface area contributed by atoms with Crippen molar-refractivity contribution < 1.29 is 27.5 Å². The zero-order chi connectivity index (χ0) is 11.0. The summed E-state index contributed by atoms with van der Waals surface area (Å²) in [6, 6.07) is 0. The molecule has 2 atom stereocenters. The maximum atomic E-state index is 12.4. The predicted octanol–water partition coefficient (Wildman–Crippen LogP) is 1.32. The Kier molecular flexibility index (Phi) is 2.56. The number of carbonyl (C=O) groups is 2. The molecule has 0 aromatic rings. The van der Waals surface area contributed by atoms with Crippen molar-refractivity contribution in [3.63, 3.8) is 0 Å². The maximum Gasteiger partial charge on any atom is 0.405 e. The monoisotopic (exact) mass is 210 g/mol. The average Bonchev–Trinajstić information content (AvgIpc) is 2.78. The standard InChI is InChI=1S/C8H9F3O3/c1-2-14-6(13)7(8(9,10)11)3-5(7)4-12/h4-5H,2-3H2,1H3. The molecule has 0 spiro atoms. The predicted molar refractivity (Wildman–Crippen MR) is 39.3 cm³/mol. The second-order valence-electron chi connectivity index (χ2n) is 3.14. The van der Waals surface area contributed by atoms with E-state index in [1.807, 2.05) is 0 Å². The van der Waals surface area contributed by atoms with Crippen LogP contribution in [0.2, 0.25) is 0 Å². The minimum Gasteiger partial charge on any atom is -0.465 e. The van der Waals surface area contributed by atoms with Crippen molar-refractivity contribution in [3.8, 4) is 0 Å². The first-order valence-electron chi connectivity index (χ1n) is 4.09. The van der Waals surface area contributed by atoms with Gasteiger partial charge in [-0.2, -0.15) is 13.2 Å². The molecule has 0 amide bonds. The van der Waals surface area contributed by atoms with Crippen molar-refractivity contribution in [2.24, 2.45) is 11.3 Å². The topological polar surface area (TPSA) is 43.4 Å². The second-order valence-corrected chi connectivity index (χ2v) is 3.14. The molecule has 1 aliphatic carbocycles. The van der Waals surface area contributed by atoms with E-state index in [4.69, 9.17) is 0 Å². The summed E-state index contributed by atoms with van der Waals surface area (Å²) in [6.07, 6.45) is -5.03. The fourth-order valence-electron chi connectivity index (χ4n) is 1.39. The molecule has 0 aliphatic heterocycles. The van der Waals surface area contributed by atoms with E-state index in [9.17, 15) is 22.8 Å². The van der Waals surface area contributed by atoms with Crippen molar-refractivity contribution in [1.29, 1.82) is 0 Å². The molecule has 0 aromatic carbocycles. The SMILES string of the molecule is CCOC(=O)C1(C(F)(F)F)CC1C=O. The average molecular weight is 210 g/mol. The molecule has 0 bridgehead atoms. The van der Waals surface area contributed by atoms with Gasteiger partial charge in [-0.05, 0) is 13.3 Å². The van der Waals surface area contributed by atoms with E-state index >= 15 is 0 Å². The van der Waals surface area contributed by atoms with Gasteiger partial charge in [-0.3, -0.25) is 4.79 Å². The van der Waals surface area contributed by atoms with Crippen LogP contribution in [0.15, 0.2) is 0 Å². The van der Waals surface area contributed by atoms with Gasteiger partial charge < -0.3 is 9.53 Å². The Morgan fingerprint density at radius 1 is 1.64 bits per heavy atom. The molecule has 1 aliphatic rings. The molecule has 6 heteroatoms. The van der Waals surface area contributed by atoms with E-state index in [2.05, 4.69) is 4.74 Å². The van der Waals surface area contributed by atoms with Crippen LogP contribution in [-0.4, -0.2) is 25.0 Å². The molecule has 0 saturated heterocycles. The molecule has 0 aromatic heterocycles. The molecule has 80 valence electrons. The number of rotatable bonds is 3. The van der Waals surface area contributed by atoms with Crippen LogP contribution in [0, 0.1) is 11.3 Å². The summed E-state index contributed by atoms with van der Waals surface area (Å²) in [6.45, 7) is 1.29. The first-order valence-corrected chi connectivity index (χ1v) is 4.09. The third-order valence-electron chi connectivity index (χ3n) is 2.32. The minimum atomic E-state index is -4.70. The summed E-state index contributed by atoms with van der Waals surface area (Å²) < 4.78 is 41.7. The van der Waals surface area contributed by atoms with Crippen LogP contribution < -0.4 is 0 Å². The van der Waals surface area contributed by atoms with Crippen molar-refractivity contribution >= 4 is 12.3 Å². The van der Waals surface area contributed by atoms with Gasteiger partial charge in [-0.25, -0.2) is 0 Å². The summed E-state index contributed by atoms with van der Waals surface area (Å²) in [5, 5.41) is 0. The lowest BCUT2D eigenvalue weighted by Gasteiger charge is -2.17. The molecular weight excluding hydrogens is 201 g/mol. The maximum absolute atomic E-state index is 12.4. The number of hydrogen-bond acceptors (Lipinski definition) is 3. The molecule has 1 rings (SSSR count). The molecule has 1 fully saturated rings. The quantitative estimate of drug-likeness (QED) is 0.521. The summed E-state index contributed by atoms with van der Waals surface area (Å²) in [7, 11) is 0. The Morgan fingerprint density at radius 2 is 2.21 bits per heavy atom. The van der Waals surface area contributed by atoms with Crippen LogP contribution in [0.1, 0.15) is 13.3 Å². The third-order valence-corrected chi connectivity index (χ3v) is 2.32. The van der Waals surface area contributed by atoms with Crippen molar-refractivity contribution in [2.75, 3.05) is 6.61 Å². The van der Waals surface area contributed by atoms with Gasteiger partial charge in [0.15, 0.2) is 5.41 Å². The highest BCUT2D eigenvalue weighted by molar-refractivity contribution is 5.87. The fourth-order valence-corrected chi connectivity index (χ4v) is 1.39. The number of ether oxygens (including phenoxy) is 1. The van der Waals surface area contributed by atoms with Gasteiger partial charge in [0, 0.05) is 5.92 Å². The lowest BCUT2D eigenvalue weighted by molar-refractivity contribution is -0.209. The molecule has 0 radical (unpaired) electrons. The number of carbonyl (C=O) groups excluding carboxylic acids is 2. The Bertz CT molecular complexity index is 261. The van der Waals surface area contributed by atoms with E-state index in [1.165, 1.54) is 6.92 Å². The molecule has 1 saturated carbocycles. The molecule has 0 heterocycles. The number of hydrogen-bond donors (Lipinski definition) is 0. The summed E-state index contributed by atoms with van der Waals surface area (Å²) in [5.74, 6) is -2.62. The molecular formula is C8H9F3O3. The number of alkyl halides is 3. The van der Waals surface area contributed by atoms with Crippen molar-refractivity contribution in [3.05, 3.63) is 0 Å². The summed E-state index contributed by atoms with van der Waals surface area (Å²) in [5.41, 5.74) is -2.56. The molecule has 14 heavy (non-hydrogen) atoms. The Hall–Kier alpha value is -1.07. The van der Waals surface area contributed by atoms with Crippen molar-refractivity contribution in [2.45, 2.75) is 19.5 Å². The van der Waals surface area contributed by atoms with E-state index in [0.717, 1.165) is 0 Å². The lowest BCUT2D eigenvalue weighted by Crippen LogP contribution is -2.36. The Morgan fingerprint density at radius 3 is 2.50 bits per heavy atom. The van der Waals surface area contributed by atoms with Gasteiger partial charge in [0.05, 0.1) is 6.61 Å². The molecule has 0 N–H and O–H groups in total. The fraction of sp³-hybridized carbons (Fsp3) is 0.750. The highest BCUT2D eigenvalue weighted by atomic mass is 19.4. The first-order chi connectivity index (χ1) is 6.40. The largest absolute Gasteiger partial charge is 0.465 e. The Labute approximate surface area is 78.2 Å². The summed E-state index contributed by atoms with van der Waals surface area (Å²) >= 11 is 0. The van der Waals surface area contributed by atoms with Gasteiger partial charge in [-0.15, -0.1) is 0 Å². The van der Waals surface area contributed by atoms with Crippen LogP contribution in [-0.2, 0) is 14.3 Å². The van der Waals surface area contributed by atoms with E-state index in [0.29, 0.717) is 0 Å². The van der Waals surface area contributed by atoms with E-state index in [-0.39, 0.29) is 12.9 Å². The molecule has 3 nitrogen and oxygen atoms in total. The lowest BCUT2D eigenvalue weighted by atomic mass is 10.0. The second kappa shape index (κ2) is 3.25. The van der Waals surface area contributed by atoms with E-state index < -0.39 is 29.9 Å². The van der Waals surface area contributed by atoms with Crippen LogP contribution >= 0.6 is 0 Å². The zero-order valence-corrected chi connectivity index (χ0v) is 7.43. The highest BCUT2D eigenvalue weighted by Crippen LogP contribution is 2.62. The normalized spacial score (nSPS) is 31.0. The van der Waals surface area contributed by atoms with Gasteiger partial charge in [0.1, 0.15) is 6.29 Å². The van der Waals surface area contributed by atoms with Gasteiger partial charge in [0.25, 0.3) is 0 Å².